The van der Waals surface area contributed by atoms with Gasteiger partial charge in [-0.15, -0.1) is 11.3 Å². The lowest BCUT2D eigenvalue weighted by molar-refractivity contribution is -0.856. The van der Waals surface area contributed by atoms with Crippen LogP contribution in [0, 0.1) is 5.82 Å². The van der Waals surface area contributed by atoms with Gasteiger partial charge in [0, 0.05) is 0 Å². The van der Waals surface area contributed by atoms with E-state index in [1.807, 2.05) is 31.6 Å². The Hall–Kier alpha value is -1.83. The van der Waals surface area contributed by atoms with Gasteiger partial charge in [-0.2, -0.15) is 0 Å². The number of anilines is 1. The van der Waals surface area contributed by atoms with E-state index in [4.69, 9.17) is 0 Å². The van der Waals surface area contributed by atoms with E-state index in [2.05, 4.69) is 4.98 Å². The molecule has 0 saturated carbocycles. The number of hydrogen-bond acceptors (Lipinski definition) is 4. The maximum Gasteiger partial charge on any atom is 0.270 e. The summed E-state index contributed by atoms with van der Waals surface area (Å²) >= 11 is 2.75. The fraction of sp³-hybridized carbons (Fsp3) is 0.250. The Morgan fingerprint density at radius 1 is 1.30 bits per heavy atom. The zero-order valence-corrected chi connectivity index (χ0v) is 14.5. The van der Waals surface area contributed by atoms with Gasteiger partial charge in [0.25, 0.3) is 5.91 Å². The molecular formula is C16H17FN3OS2+. The van der Waals surface area contributed by atoms with Crippen LogP contribution in [-0.2, 0) is 0 Å². The molecule has 7 heteroatoms. The minimum atomic E-state index is -0.355. The van der Waals surface area contributed by atoms with Gasteiger partial charge in [0.15, 0.2) is 5.13 Å². The van der Waals surface area contributed by atoms with E-state index >= 15 is 0 Å². The summed E-state index contributed by atoms with van der Waals surface area (Å²) in [6.07, 6.45) is 0. The summed E-state index contributed by atoms with van der Waals surface area (Å²) in [6, 6.07) is 8.53. The van der Waals surface area contributed by atoms with Crippen molar-refractivity contribution in [3.63, 3.8) is 0 Å². The first-order valence-corrected chi connectivity index (χ1v) is 8.95. The molecule has 0 radical (unpaired) electrons. The number of para-hydroxylation sites is 1. The second-order valence-corrected chi connectivity index (χ2v) is 7.43. The molecule has 2 aromatic heterocycles. The van der Waals surface area contributed by atoms with Crippen molar-refractivity contribution in [3.05, 3.63) is 46.4 Å². The van der Waals surface area contributed by atoms with Crippen LogP contribution in [0.25, 0.3) is 10.2 Å². The largest absolute Gasteiger partial charge is 0.338 e. The number of fused-ring (bicyclic) bond motifs is 1. The number of halogens is 1. The molecule has 0 aliphatic carbocycles. The van der Waals surface area contributed by atoms with Gasteiger partial charge in [0.05, 0.1) is 36.8 Å². The maximum absolute atomic E-state index is 13.9. The number of aromatic nitrogens is 1. The standard InChI is InChI=1S/C16H16FN3OS2/c1-19(2)8-9-20(15(21)13-7-4-10-22-13)16-18-14-11(17)5-3-6-12(14)23-16/h3-7,10H,8-9H2,1-2H3/p+1. The molecule has 1 amide bonds. The topological polar surface area (TPSA) is 37.6 Å². The van der Waals surface area contributed by atoms with E-state index in [9.17, 15) is 9.18 Å². The van der Waals surface area contributed by atoms with Crippen LogP contribution in [0.3, 0.4) is 0 Å². The van der Waals surface area contributed by atoms with Crippen molar-refractivity contribution in [3.8, 4) is 0 Å². The molecule has 0 atom stereocenters. The number of benzene rings is 1. The van der Waals surface area contributed by atoms with Gasteiger partial charge in [-0.3, -0.25) is 9.69 Å². The van der Waals surface area contributed by atoms with Crippen molar-refractivity contribution >= 4 is 43.9 Å². The lowest BCUT2D eigenvalue weighted by Gasteiger charge is -2.19. The summed E-state index contributed by atoms with van der Waals surface area (Å²) in [7, 11) is 4.07. The van der Waals surface area contributed by atoms with E-state index < -0.39 is 0 Å². The minimum Gasteiger partial charge on any atom is -0.338 e. The minimum absolute atomic E-state index is 0.0827. The van der Waals surface area contributed by atoms with Crippen LogP contribution in [0.2, 0.25) is 0 Å². The number of thiophene rings is 1. The molecular weight excluding hydrogens is 333 g/mol. The molecule has 0 aliphatic rings. The highest BCUT2D eigenvalue weighted by Gasteiger charge is 2.23. The number of nitrogens with zero attached hydrogens (tertiary/aromatic N) is 2. The average Bonchev–Trinajstić information content (AvgIpc) is 3.16. The fourth-order valence-electron chi connectivity index (χ4n) is 2.17. The first kappa shape index (κ1) is 16.0. The number of likely N-dealkylation sites (N-methyl/N-ethyl adjacent to an activating group) is 1. The van der Waals surface area contributed by atoms with E-state index in [0.29, 0.717) is 22.1 Å². The Kier molecular flexibility index (Phi) is 4.70. The number of carbonyl (C=O) groups is 1. The molecule has 0 aliphatic heterocycles. The highest BCUT2D eigenvalue weighted by molar-refractivity contribution is 7.22. The van der Waals surface area contributed by atoms with Gasteiger partial charge in [0.2, 0.25) is 0 Å². The number of nitrogens with one attached hydrogen (secondary N) is 1. The van der Waals surface area contributed by atoms with Crippen molar-refractivity contribution in [2.45, 2.75) is 0 Å². The van der Waals surface area contributed by atoms with E-state index in [1.165, 1.54) is 33.6 Å². The van der Waals surface area contributed by atoms with Crippen LogP contribution in [0.5, 0.6) is 0 Å². The fourth-order valence-corrected chi connectivity index (χ4v) is 3.85. The zero-order valence-electron chi connectivity index (χ0n) is 12.9. The van der Waals surface area contributed by atoms with E-state index in [0.717, 1.165) is 11.2 Å². The molecule has 0 fully saturated rings. The van der Waals surface area contributed by atoms with Crippen LogP contribution >= 0.6 is 22.7 Å². The zero-order chi connectivity index (χ0) is 16.4. The average molecular weight is 350 g/mol. The molecule has 3 rings (SSSR count). The Morgan fingerprint density at radius 3 is 2.78 bits per heavy atom. The van der Waals surface area contributed by atoms with Gasteiger partial charge in [-0.1, -0.05) is 23.5 Å². The highest BCUT2D eigenvalue weighted by Crippen LogP contribution is 2.31. The highest BCUT2D eigenvalue weighted by atomic mass is 32.1. The Morgan fingerprint density at radius 2 is 2.13 bits per heavy atom. The molecule has 3 aromatic rings. The van der Waals surface area contributed by atoms with E-state index in [1.54, 1.807) is 17.0 Å². The summed E-state index contributed by atoms with van der Waals surface area (Å²) in [5.41, 5.74) is 0.327. The smallest absolute Gasteiger partial charge is 0.270 e. The van der Waals surface area contributed by atoms with Crippen molar-refractivity contribution < 1.29 is 14.1 Å². The number of rotatable bonds is 5. The summed E-state index contributed by atoms with van der Waals surface area (Å²) in [5, 5.41) is 2.42. The summed E-state index contributed by atoms with van der Waals surface area (Å²) in [5.74, 6) is -0.438. The van der Waals surface area contributed by atoms with E-state index in [-0.39, 0.29) is 11.7 Å². The molecule has 4 nitrogen and oxygen atoms in total. The predicted molar refractivity (Wildman–Crippen MR) is 93.3 cm³/mol. The molecule has 120 valence electrons. The van der Waals surface area contributed by atoms with Crippen molar-refractivity contribution in [2.24, 2.45) is 0 Å². The summed E-state index contributed by atoms with van der Waals surface area (Å²) in [4.78, 5) is 20.7. The number of thiazole rings is 1. The molecule has 0 spiro atoms. The lowest BCUT2D eigenvalue weighted by Crippen LogP contribution is -3.06. The quantitative estimate of drug-likeness (QED) is 0.767. The van der Waals surface area contributed by atoms with Crippen LogP contribution in [0.15, 0.2) is 35.7 Å². The Bertz CT molecular complexity index is 814. The Labute approximate surface area is 141 Å². The third-order valence-electron chi connectivity index (χ3n) is 3.40. The molecule has 23 heavy (non-hydrogen) atoms. The number of quaternary nitrogens is 1. The van der Waals surface area contributed by atoms with Gasteiger partial charge >= 0.3 is 0 Å². The summed E-state index contributed by atoms with van der Waals surface area (Å²) in [6.45, 7) is 1.33. The van der Waals surface area contributed by atoms with Crippen LogP contribution in [0.1, 0.15) is 9.67 Å². The molecule has 1 aromatic carbocycles. The SMILES string of the molecule is C[NH+](C)CCN(C(=O)c1cccs1)c1nc2c(F)cccc2s1. The third kappa shape index (κ3) is 3.41. The van der Waals surface area contributed by atoms with Gasteiger partial charge in [0.1, 0.15) is 11.3 Å². The van der Waals surface area contributed by atoms with Crippen molar-refractivity contribution in [1.82, 2.24) is 4.98 Å². The number of hydrogen-bond donors (Lipinski definition) is 1. The second kappa shape index (κ2) is 6.74. The lowest BCUT2D eigenvalue weighted by atomic mass is 10.3. The first-order chi connectivity index (χ1) is 11.1. The van der Waals surface area contributed by atoms with Crippen LogP contribution in [-0.4, -0.2) is 38.1 Å². The maximum atomic E-state index is 13.9. The van der Waals surface area contributed by atoms with Crippen LogP contribution in [0.4, 0.5) is 9.52 Å². The predicted octanol–water partition coefficient (Wildman–Crippen LogP) is 2.29. The number of amides is 1. The van der Waals surface area contributed by atoms with Gasteiger partial charge < -0.3 is 4.90 Å². The molecule has 1 N–H and O–H groups in total. The van der Waals surface area contributed by atoms with Gasteiger partial charge in [-0.05, 0) is 23.6 Å². The number of carbonyl (C=O) groups excluding carboxylic acids is 1. The van der Waals surface area contributed by atoms with Crippen molar-refractivity contribution in [2.75, 3.05) is 32.1 Å². The van der Waals surface area contributed by atoms with Gasteiger partial charge in [-0.25, -0.2) is 9.37 Å². The van der Waals surface area contributed by atoms with Crippen LogP contribution < -0.4 is 9.80 Å². The molecule has 0 unspecified atom stereocenters. The molecule has 0 bridgehead atoms. The normalized spacial score (nSPS) is 11.3. The third-order valence-corrected chi connectivity index (χ3v) is 5.30. The summed E-state index contributed by atoms with van der Waals surface area (Å²) < 4.78 is 14.6. The Balaban J connectivity index is 1.98. The monoisotopic (exact) mass is 350 g/mol. The van der Waals surface area contributed by atoms with Crippen molar-refractivity contribution in [1.29, 1.82) is 0 Å². The molecule has 0 saturated heterocycles. The molecule has 2 heterocycles. The second-order valence-electron chi connectivity index (χ2n) is 5.47. The first-order valence-electron chi connectivity index (χ1n) is 7.25.